The van der Waals surface area contributed by atoms with Gasteiger partial charge >= 0.3 is 0 Å². The van der Waals surface area contributed by atoms with E-state index >= 15 is 0 Å². The van der Waals surface area contributed by atoms with Gasteiger partial charge in [0.25, 0.3) is 0 Å². The molecule has 0 aliphatic heterocycles. The molecule has 1 aromatic heterocycles. The largest absolute Gasteiger partial charge is 0.484 e. The molecule has 1 heterocycles. The van der Waals surface area contributed by atoms with E-state index in [2.05, 4.69) is 4.98 Å². The van der Waals surface area contributed by atoms with Gasteiger partial charge in [-0.05, 0) is 36.2 Å². The van der Waals surface area contributed by atoms with Gasteiger partial charge in [-0.2, -0.15) is 0 Å². The monoisotopic (exact) mass is 246 g/mol. The highest BCUT2D eigenvalue weighted by molar-refractivity contribution is 5.29. The minimum Gasteiger partial charge on any atom is -0.484 e. The van der Waals surface area contributed by atoms with E-state index in [1.54, 1.807) is 31.5 Å². The molecule has 2 rings (SSSR count). The minimum atomic E-state index is -0.296. The second-order valence-electron chi connectivity index (χ2n) is 4.03. The van der Waals surface area contributed by atoms with Crippen LogP contribution >= 0.6 is 0 Å². The molecule has 0 saturated heterocycles. The van der Waals surface area contributed by atoms with Crippen LogP contribution in [0, 0.1) is 12.7 Å². The Bertz CT molecular complexity index is 516. The molecule has 4 heteroatoms. The van der Waals surface area contributed by atoms with E-state index in [0.29, 0.717) is 17.9 Å². The lowest BCUT2D eigenvalue weighted by molar-refractivity contribution is 0.213. The maximum atomic E-state index is 13.4. The fourth-order valence-electron chi connectivity index (χ4n) is 1.64. The Labute approximate surface area is 105 Å². The maximum Gasteiger partial charge on any atom is 0.136 e. The number of hydrogen-bond acceptors (Lipinski definition) is 3. The van der Waals surface area contributed by atoms with Gasteiger partial charge in [0.2, 0.25) is 0 Å². The van der Waals surface area contributed by atoms with Crippen molar-refractivity contribution in [1.29, 1.82) is 0 Å². The molecule has 2 N–H and O–H groups in total. The Balaban J connectivity index is 2.18. The van der Waals surface area contributed by atoms with Gasteiger partial charge in [-0.1, -0.05) is 6.07 Å². The van der Waals surface area contributed by atoms with Gasteiger partial charge in [-0.15, -0.1) is 0 Å². The first kappa shape index (κ1) is 12.5. The number of aromatic nitrogens is 1. The second-order valence-corrected chi connectivity index (χ2v) is 4.03. The van der Waals surface area contributed by atoms with Crippen LogP contribution in [0.25, 0.3) is 0 Å². The van der Waals surface area contributed by atoms with Crippen LogP contribution in [0.3, 0.4) is 0 Å². The van der Waals surface area contributed by atoms with Crippen LogP contribution < -0.4 is 10.5 Å². The Kier molecular flexibility index (Phi) is 3.89. The number of ether oxygens (including phenoxy) is 1. The van der Waals surface area contributed by atoms with Crippen LogP contribution in [0.2, 0.25) is 0 Å². The molecular weight excluding hydrogens is 231 g/mol. The normalized spacial score (nSPS) is 12.2. The average molecular weight is 246 g/mol. The van der Waals surface area contributed by atoms with Gasteiger partial charge in [0, 0.05) is 25.0 Å². The lowest BCUT2D eigenvalue weighted by Crippen LogP contribution is -2.18. The number of benzene rings is 1. The Morgan fingerprint density at radius 2 is 2.00 bits per heavy atom. The number of nitrogens with zero attached hydrogens (tertiary/aromatic N) is 1. The lowest BCUT2D eigenvalue weighted by Gasteiger charge is -2.17. The number of aryl methyl sites for hydroxylation is 1. The summed E-state index contributed by atoms with van der Waals surface area (Å²) in [6, 6.07) is 8.47. The molecule has 1 atom stereocenters. The minimum absolute atomic E-state index is 0.280. The lowest BCUT2D eigenvalue weighted by atomic mass is 10.1. The van der Waals surface area contributed by atoms with Crippen molar-refractivity contribution in [3.63, 3.8) is 0 Å². The number of halogens is 1. The molecule has 94 valence electrons. The molecule has 3 nitrogen and oxygen atoms in total. The third kappa shape index (κ3) is 2.84. The first-order chi connectivity index (χ1) is 8.70. The molecule has 1 unspecified atom stereocenters. The van der Waals surface area contributed by atoms with Gasteiger partial charge in [-0.3, -0.25) is 4.98 Å². The van der Waals surface area contributed by atoms with Crippen LogP contribution in [-0.2, 0) is 0 Å². The number of hydrogen-bond donors (Lipinski definition) is 1. The molecule has 0 aliphatic carbocycles. The van der Waals surface area contributed by atoms with Crippen LogP contribution in [-0.4, -0.2) is 11.5 Å². The summed E-state index contributed by atoms with van der Waals surface area (Å²) in [6.45, 7) is 2.03. The maximum absolute atomic E-state index is 13.4. The van der Waals surface area contributed by atoms with E-state index in [1.165, 1.54) is 6.07 Å². The van der Waals surface area contributed by atoms with Gasteiger partial charge in [-0.25, -0.2) is 4.39 Å². The van der Waals surface area contributed by atoms with E-state index in [0.717, 1.165) is 5.56 Å². The molecule has 1 aromatic carbocycles. The summed E-state index contributed by atoms with van der Waals surface area (Å²) in [5.74, 6) is 0.198. The van der Waals surface area contributed by atoms with Gasteiger partial charge in [0.1, 0.15) is 17.7 Å². The van der Waals surface area contributed by atoms with Gasteiger partial charge in [0.05, 0.1) is 0 Å². The van der Waals surface area contributed by atoms with Crippen molar-refractivity contribution in [2.24, 2.45) is 5.73 Å². The highest BCUT2D eigenvalue weighted by atomic mass is 19.1. The third-order valence-electron chi connectivity index (χ3n) is 2.71. The highest BCUT2D eigenvalue weighted by Gasteiger charge is 2.11. The Morgan fingerprint density at radius 3 is 2.61 bits per heavy atom. The number of pyridine rings is 1. The topological polar surface area (TPSA) is 48.1 Å². The molecule has 18 heavy (non-hydrogen) atoms. The molecule has 0 aliphatic rings. The summed E-state index contributed by atoms with van der Waals surface area (Å²) in [7, 11) is 0. The average Bonchev–Trinajstić information content (AvgIpc) is 2.41. The van der Waals surface area contributed by atoms with Crippen molar-refractivity contribution >= 4 is 0 Å². The summed E-state index contributed by atoms with van der Waals surface area (Å²) >= 11 is 0. The summed E-state index contributed by atoms with van der Waals surface area (Å²) in [5.41, 5.74) is 7.20. The fourth-order valence-corrected chi connectivity index (χ4v) is 1.64. The quantitative estimate of drug-likeness (QED) is 0.902. The Morgan fingerprint density at radius 1 is 1.28 bits per heavy atom. The molecule has 2 aromatic rings. The second kappa shape index (κ2) is 5.60. The zero-order valence-corrected chi connectivity index (χ0v) is 10.1. The van der Waals surface area contributed by atoms with Crippen molar-refractivity contribution in [2.75, 3.05) is 6.54 Å². The van der Waals surface area contributed by atoms with Gasteiger partial charge in [0.15, 0.2) is 0 Å². The van der Waals surface area contributed by atoms with Crippen LogP contribution in [0.5, 0.6) is 5.75 Å². The van der Waals surface area contributed by atoms with Crippen molar-refractivity contribution < 1.29 is 9.13 Å². The molecule has 0 radical (unpaired) electrons. The molecular formula is C14H15FN2O. The molecule has 0 saturated carbocycles. The first-order valence-corrected chi connectivity index (χ1v) is 5.73. The fraction of sp³-hybridized carbons (Fsp3) is 0.214. The summed E-state index contributed by atoms with van der Waals surface area (Å²) < 4.78 is 19.1. The van der Waals surface area contributed by atoms with Crippen molar-refractivity contribution in [1.82, 2.24) is 4.98 Å². The van der Waals surface area contributed by atoms with E-state index in [9.17, 15) is 4.39 Å². The predicted octanol–water partition coefficient (Wildman–Crippen LogP) is 2.61. The smallest absolute Gasteiger partial charge is 0.136 e. The zero-order valence-electron chi connectivity index (χ0n) is 10.1. The van der Waals surface area contributed by atoms with Crippen molar-refractivity contribution in [2.45, 2.75) is 13.0 Å². The SMILES string of the molecule is Cc1ccc(OC(CN)c2ccncc2)cc1F. The molecule has 0 fully saturated rings. The van der Waals surface area contributed by atoms with Crippen LogP contribution in [0.15, 0.2) is 42.7 Å². The zero-order chi connectivity index (χ0) is 13.0. The Hall–Kier alpha value is -1.94. The summed E-state index contributed by atoms with van der Waals surface area (Å²) in [4.78, 5) is 3.94. The van der Waals surface area contributed by atoms with Crippen LogP contribution in [0.4, 0.5) is 4.39 Å². The number of nitrogens with two attached hydrogens (primary N) is 1. The molecule has 0 bridgehead atoms. The van der Waals surface area contributed by atoms with Crippen molar-refractivity contribution in [3.8, 4) is 5.75 Å². The number of rotatable bonds is 4. The van der Waals surface area contributed by atoms with E-state index in [1.807, 2.05) is 12.1 Å². The van der Waals surface area contributed by atoms with E-state index in [-0.39, 0.29) is 11.9 Å². The standard InChI is InChI=1S/C14H15FN2O/c1-10-2-3-12(8-13(10)15)18-14(9-16)11-4-6-17-7-5-11/h2-8,14H,9,16H2,1H3. The third-order valence-corrected chi connectivity index (χ3v) is 2.71. The highest BCUT2D eigenvalue weighted by Crippen LogP contribution is 2.22. The molecule has 0 amide bonds. The van der Waals surface area contributed by atoms with E-state index < -0.39 is 0 Å². The van der Waals surface area contributed by atoms with E-state index in [4.69, 9.17) is 10.5 Å². The molecule has 0 spiro atoms. The summed E-state index contributed by atoms with van der Waals surface area (Å²) in [6.07, 6.45) is 3.06. The predicted molar refractivity (Wildman–Crippen MR) is 67.8 cm³/mol. The van der Waals surface area contributed by atoms with Gasteiger partial charge < -0.3 is 10.5 Å². The van der Waals surface area contributed by atoms with Crippen molar-refractivity contribution in [3.05, 3.63) is 59.7 Å². The first-order valence-electron chi connectivity index (χ1n) is 5.73. The summed E-state index contributed by atoms with van der Waals surface area (Å²) in [5, 5.41) is 0. The van der Waals surface area contributed by atoms with Crippen LogP contribution in [0.1, 0.15) is 17.2 Å².